The van der Waals surface area contributed by atoms with Gasteiger partial charge in [0.15, 0.2) is 0 Å². The van der Waals surface area contributed by atoms with Crippen LogP contribution in [0.3, 0.4) is 0 Å². The molecule has 1 unspecified atom stereocenters. The average molecular weight is 396 g/mol. The minimum atomic E-state index is -0.558. The fourth-order valence-electron chi connectivity index (χ4n) is 3.38. The van der Waals surface area contributed by atoms with E-state index in [1.54, 1.807) is 6.07 Å². The Kier molecular flexibility index (Phi) is 6.60. The third-order valence-corrected chi connectivity index (χ3v) is 4.81. The fourth-order valence-corrected chi connectivity index (χ4v) is 3.38. The highest BCUT2D eigenvalue weighted by Crippen LogP contribution is 2.24. The second-order valence-electron chi connectivity index (χ2n) is 7.21. The van der Waals surface area contributed by atoms with Crippen LogP contribution < -0.4 is 15.5 Å². The Balaban J connectivity index is 1.84. The van der Waals surface area contributed by atoms with Crippen LogP contribution in [0.2, 0.25) is 0 Å². The maximum Gasteiger partial charge on any atom is 0.229 e. The van der Waals surface area contributed by atoms with Crippen LogP contribution in [0.1, 0.15) is 44.4 Å². The van der Waals surface area contributed by atoms with Crippen molar-refractivity contribution >= 4 is 23.4 Å². The number of nitrogens with one attached hydrogen (secondary N) is 2. The van der Waals surface area contributed by atoms with Gasteiger partial charge in [0.1, 0.15) is 17.7 Å². The number of hydrogen-bond donors (Lipinski definition) is 2. The van der Waals surface area contributed by atoms with Crippen molar-refractivity contribution in [1.82, 2.24) is 15.3 Å². The molecule has 1 aromatic heterocycles. The van der Waals surface area contributed by atoms with Gasteiger partial charge in [0.05, 0.1) is 5.56 Å². The number of unbranched alkanes of at least 4 members (excludes halogenated alkanes) is 1. The summed E-state index contributed by atoms with van der Waals surface area (Å²) >= 11 is 0. The van der Waals surface area contributed by atoms with Gasteiger partial charge in [-0.1, -0.05) is 13.3 Å². The van der Waals surface area contributed by atoms with Crippen LogP contribution in [0.25, 0.3) is 0 Å². The highest BCUT2D eigenvalue weighted by molar-refractivity contribution is 5.73. The minimum absolute atomic E-state index is 0.0323. The number of aromatic nitrogens is 2. The van der Waals surface area contributed by atoms with E-state index in [-0.39, 0.29) is 17.5 Å². The molecule has 0 radical (unpaired) electrons. The summed E-state index contributed by atoms with van der Waals surface area (Å²) in [7, 11) is 0. The lowest BCUT2D eigenvalue weighted by atomic mass is 10.2. The van der Waals surface area contributed by atoms with Crippen LogP contribution in [0, 0.1) is 17.1 Å². The third-order valence-electron chi connectivity index (χ3n) is 4.81. The molecule has 2 heterocycles. The molecule has 1 atom stereocenters. The Hall–Kier alpha value is -3.21. The number of carbonyl (C=O) groups is 1. The van der Waals surface area contributed by atoms with E-state index in [0.717, 1.165) is 43.7 Å². The van der Waals surface area contributed by atoms with E-state index in [2.05, 4.69) is 32.4 Å². The van der Waals surface area contributed by atoms with Gasteiger partial charge >= 0.3 is 0 Å². The van der Waals surface area contributed by atoms with Crippen LogP contribution in [0.5, 0.6) is 0 Å². The monoisotopic (exact) mass is 396 g/mol. The predicted octanol–water partition coefficient (Wildman–Crippen LogP) is 3.29. The Morgan fingerprint density at radius 1 is 1.38 bits per heavy atom. The maximum absolute atomic E-state index is 13.6. The number of nitrogens with zero attached hydrogens (tertiary/aromatic N) is 4. The zero-order valence-corrected chi connectivity index (χ0v) is 16.7. The van der Waals surface area contributed by atoms with E-state index in [4.69, 9.17) is 5.26 Å². The second-order valence-corrected chi connectivity index (χ2v) is 7.21. The van der Waals surface area contributed by atoms with Crippen molar-refractivity contribution in [2.45, 2.75) is 45.6 Å². The van der Waals surface area contributed by atoms with Crippen molar-refractivity contribution in [3.05, 3.63) is 41.3 Å². The largest absolute Gasteiger partial charge is 0.354 e. The first-order valence-corrected chi connectivity index (χ1v) is 9.85. The second kappa shape index (κ2) is 9.32. The van der Waals surface area contributed by atoms with Crippen molar-refractivity contribution in [2.24, 2.45) is 0 Å². The molecule has 2 aromatic rings. The first-order chi connectivity index (χ1) is 14.0. The predicted molar refractivity (Wildman–Crippen MR) is 109 cm³/mol. The molecule has 1 aliphatic heterocycles. The van der Waals surface area contributed by atoms with Gasteiger partial charge in [-0.2, -0.15) is 10.2 Å². The van der Waals surface area contributed by atoms with E-state index >= 15 is 0 Å². The van der Waals surface area contributed by atoms with Gasteiger partial charge in [-0.25, -0.2) is 9.37 Å². The summed E-state index contributed by atoms with van der Waals surface area (Å²) in [5.74, 6) is 0.615. The molecule has 8 heteroatoms. The van der Waals surface area contributed by atoms with E-state index in [0.29, 0.717) is 18.2 Å². The number of carbonyl (C=O) groups excluding carboxylic acids is 1. The van der Waals surface area contributed by atoms with Gasteiger partial charge in [0.2, 0.25) is 11.9 Å². The van der Waals surface area contributed by atoms with E-state index in [9.17, 15) is 9.18 Å². The third kappa shape index (κ3) is 5.41. The zero-order chi connectivity index (χ0) is 20.8. The molecule has 1 saturated heterocycles. The molecule has 0 spiro atoms. The lowest BCUT2D eigenvalue weighted by Gasteiger charge is -2.19. The maximum atomic E-state index is 13.6. The summed E-state index contributed by atoms with van der Waals surface area (Å²) in [4.78, 5) is 22.7. The topological polar surface area (TPSA) is 93.9 Å². The van der Waals surface area contributed by atoms with Crippen LogP contribution in [0.15, 0.2) is 24.3 Å². The summed E-state index contributed by atoms with van der Waals surface area (Å²) < 4.78 is 13.6. The molecule has 29 heavy (non-hydrogen) atoms. The zero-order valence-electron chi connectivity index (χ0n) is 16.7. The van der Waals surface area contributed by atoms with E-state index < -0.39 is 5.82 Å². The van der Waals surface area contributed by atoms with Gasteiger partial charge in [-0.3, -0.25) is 4.79 Å². The summed E-state index contributed by atoms with van der Waals surface area (Å²) in [5, 5.41) is 15.1. The Morgan fingerprint density at radius 3 is 2.93 bits per heavy atom. The van der Waals surface area contributed by atoms with Gasteiger partial charge < -0.3 is 15.5 Å². The number of benzene rings is 1. The van der Waals surface area contributed by atoms with E-state index in [1.807, 2.05) is 12.1 Å². The highest BCUT2D eigenvalue weighted by atomic mass is 19.1. The van der Waals surface area contributed by atoms with Crippen LogP contribution in [-0.2, 0) is 11.2 Å². The van der Waals surface area contributed by atoms with Crippen molar-refractivity contribution in [3.8, 4) is 6.07 Å². The van der Waals surface area contributed by atoms with Crippen LogP contribution >= 0.6 is 0 Å². The van der Waals surface area contributed by atoms with Crippen LogP contribution in [-0.4, -0.2) is 35.0 Å². The van der Waals surface area contributed by atoms with Gasteiger partial charge in [0.25, 0.3) is 0 Å². The number of aryl methyl sites for hydroxylation is 1. The normalized spacial score (nSPS) is 15.8. The molecule has 0 saturated carbocycles. The SMILES string of the molecule is CCCCc1cc(N2CCC(NC(C)=O)C2)nc(Nc2ccc(F)c(C#N)c2)n1. The first kappa shape index (κ1) is 20.5. The van der Waals surface area contributed by atoms with Crippen molar-refractivity contribution < 1.29 is 9.18 Å². The van der Waals surface area contributed by atoms with Gasteiger partial charge in [-0.15, -0.1) is 0 Å². The highest BCUT2D eigenvalue weighted by Gasteiger charge is 2.25. The molecule has 3 rings (SSSR count). The first-order valence-electron chi connectivity index (χ1n) is 9.85. The molecule has 0 bridgehead atoms. The summed E-state index contributed by atoms with van der Waals surface area (Å²) in [6.45, 7) is 5.14. The number of nitriles is 1. The molecular weight excluding hydrogens is 371 g/mol. The average Bonchev–Trinajstić information content (AvgIpc) is 3.15. The van der Waals surface area contributed by atoms with Crippen molar-refractivity contribution in [3.63, 3.8) is 0 Å². The smallest absolute Gasteiger partial charge is 0.229 e. The molecule has 1 amide bonds. The lowest BCUT2D eigenvalue weighted by molar-refractivity contribution is -0.119. The molecule has 2 N–H and O–H groups in total. The fraction of sp³-hybridized carbons (Fsp3) is 0.429. The molecule has 1 aliphatic rings. The number of hydrogen-bond acceptors (Lipinski definition) is 6. The van der Waals surface area contributed by atoms with Gasteiger partial charge in [0, 0.05) is 43.5 Å². The number of anilines is 3. The molecule has 152 valence electrons. The number of amides is 1. The molecule has 1 fully saturated rings. The Morgan fingerprint density at radius 2 is 2.21 bits per heavy atom. The lowest BCUT2D eigenvalue weighted by Crippen LogP contribution is -2.35. The minimum Gasteiger partial charge on any atom is -0.354 e. The number of rotatable bonds is 7. The molecule has 1 aromatic carbocycles. The molecular formula is C21H25FN6O. The molecule has 0 aliphatic carbocycles. The number of halogens is 1. The molecule has 7 nitrogen and oxygen atoms in total. The Labute approximate surface area is 170 Å². The summed E-state index contributed by atoms with van der Waals surface area (Å²) in [5.41, 5.74) is 1.44. The Bertz CT molecular complexity index is 926. The summed E-state index contributed by atoms with van der Waals surface area (Å²) in [6, 6.07) is 8.18. The summed E-state index contributed by atoms with van der Waals surface area (Å²) in [6.07, 6.45) is 3.76. The van der Waals surface area contributed by atoms with Crippen molar-refractivity contribution in [2.75, 3.05) is 23.3 Å². The quantitative estimate of drug-likeness (QED) is 0.746. The van der Waals surface area contributed by atoms with Crippen LogP contribution in [0.4, 0.5) is 21.8 Å². The standard InChI is InChI=1S/C21H25FN6O/c1-3-4-5-16-11-20(28-9-8-18(13-28)24-14(2)29)27-21(25-16)26-17-6-7-19(22)15(10-17)12-23/h6-7,10-11,18H,3-5,8-9,13H2,1-2H3,(H,24,29)(H,25,26,27). The van der Waals surface area contributed by atoms with Crippen molar-refractivity contribution in [1.29, 1.82) is 5.26 Å². The van der Waals surface area contributed by atoms with E-state index in [1.165, 1.54) is 19.1 Å². The van der Waals surface area contributed by atoms with Gasteiger partial charge in [-0.05, 0) is 37.5 Å².